The molecule has 0 saturated carbocycles. The molecule has 0 atom stereocenters. The van der Waals surface area contributed by atoms with E-state index in [1.165, 1.54) is 0 Å². The van der Waals surface area contributed by atoms with Gasteiger partial charge in [0.25, 0.3) is 0 Å². The molecule has 0 bridgehead atoms. The van der Waals surface area contributed by atoms with Gasteiger partial charge in [0.15, 0.2) is 5.82 Å². The smallest absolute Gasteiger partial charge is 0.163 e. The second kappa shape index (κ2) is 7.08. The molecule has 1 aliphatic rings. The van der Waals surface area contributed by atoms with E-state index in [1.54, 1.807) is 6.20 Å². The largest absolute Gasteiger partial charge is 0.367 e. The van der Waals surface area contributed by atoms with Crippen molar-refractivity contribution < 1.29 is 0 Å². The normalized spacial score (nSPS) is 16.8. The molecule has 1 N–H and O–H groups in total. The van der Waals surface area contributed by atoms with E-state index >= 15 is 0 Å². The van der Waals surface area contributed by atoms with Crippen LogP contribution in [0.1, 0.15) is 44.9 Å². The minimum Gasteiger partial charge on any atom is -0.367 e. The summed E-state index contributed by atoms with van der Waals surface area (Å²) in [5.74, 6) is 1.70. The molecule has 0 unspecified atom stereocenters. The van der Waals surface area contributed by atoms with Crippen LogP contribution in [-0.4, -0.2) is 44.5 Å². The highest BCUT2D eigenvalue weighted by Gasteiger charge is 2.27. The van der Waals surface area contributed by atoms with E-state index in [-0.39, 0.29) is 5.54 Å². The first-order chi connectivity index (χ1) is 11.8. The van der Waals surface area contributed by atoms with E-state index in [0.717, 1.165) is 54.4 Å². The number of aromatic nitrogens is 3. The molecule has 1 saturated heterocycles. The maximum Gasteiger partial charge on any atom is 0.163 e. The van der Waals surface area contributed by atoms with Crippen molar-refractivity contribution in [1.29, 1.82) is 0 Å². The molecule has 5 heteroatoms. The van der Waals surface area contributed by atoms with E-state index in [1.807, 2.05) is 25.3 Å². The van der Waals surface area contributed by atoms with Gasteiger partial charge >= 0.3 is 0 Å². The molecule has 134 valence electrons. The number of rotatable bonds is 3. The first kappa shape index (κ1) is 17.8. The number of piperidine rings is 1. The van der Waals surface area contributed by atoms with Crippen LogP contribution in [0.5, 0.6) is 0 Å². The van der Waals surface area contributed by atoms with Gasteiger partial charge in [-0.05, 0) is 59.6 Å². The Morgan fingerprint density at radius 3 is 2.44 bits per heavy atom. The molecule has 3 heterocycles. The predicted molar refractivity (Wildman–Crippen MR) is 103 cm³/mol. The lowest BCUT2D eigenvalue weighted by atomic mass is 9.98. The summed E-state index contributed by atoms with van der Waals surface area (Å²) in [6.45, 7) is 13.3. The van der Waals surface area contributed by atoms with Crippen LogP contribution in [0.15, 0.2) is 24.5 Å². The van der Waals surface area contributed by atoms with Crippen LogP contribution in [0, 0.1) is 13.8 Å². The van der Waals surface area contributed by atoms with Gasteiger partial charge in [-0.25, -0.2) is 9.97 Å². The van der Waals surface area contributed by atoms with Gasteiger partial charge in [0.1, 0.15) is 5.82 Å². The molecule has 0 aromatic carbocycles. The van der Waals surface area contributed by atoms with Crippen molar-refractivity contribution in [3.63, 3.8) is 0 Å². The van der Waals surface area contributed by atoms with Crippen molar-refractivity contribution >= 4 is 5.82 Å². The van der Waals surface area contributed by atoms with Crippen LogP contribution in [-0.2, 0) is 0 Å². The highest BCUT2D eigenvalue weighted by Crippen LogP contribution is 2.25. The quantitative estimate of drug-likeness (QED) is 0.921. The van der Waals surface area contributed by atoms with E-state index in [9.17, 15) is 0 Å². The minimum atomic E-state index is 0.250. The second-order valence-electron chi connectivity index (χ2n) is 7.92. The van der Waals surface area contributed by atoms with Gasteiger partial charge in [0.2, 0.25) is 0 Å². The summed E-state index contributed by atoms with van der Waals surface area (Å²) >= 11 is 0. The Morgan fingerprint density at radius 2 is 1.84 bits per heavy atom. The number of aryl methyl sites for hydroxylation is 1. The van der Waals surface area contributed by atoms with Gasteiger partial charge in [-0.2, -0.15) is 0 Å². The molecule has 25 heavy (non-hydrogen) atoms. The third-order valence-electron chi connectivity index (χ3n) is 5.09. The molecule has 3 rings (SSSR count). The van der Waals surface area contributed by atoms with Crippen molar-refractivity contribution in [2.75, 3.05) is 18.4 Å². The Hall–Kier alpha value is -2.01. The van der Waals surface area contributed by atoms with Crippen LogP contribution in [0.2, 0.25) is 0 Å². The highest BCUT2D eigenvalue weighted by molar-refractivity contribution is 5.58. The first-order valence-corrected chi connectivity index (χ1v) is 9.12. The minimum absolute atomic E-state index is 0.250. The lowest BCUT2D eigenvalue weighted by Gasteiger charge is -2.41. The summed E-state index contributed by atoms with van der Waals surface area (Å²) in [7, 11) is 0. The predicted octanol–water partition coefficient (Wildman–Crippen LogP) is 3.83. The maximum atomic E-state index is 4.79. The molecule has 2 aromatic rings. The van der Waals surface area contributed by atoms with E-state index in [2.05, 4.69) is 47.9 Å². The molecule has 5 nitrogen and oxygen atoms in total. The Kier molecular flexibility index (Phi) is 5.04. The average Bonchev–Trinajstić information content (AvgIpc) is 2.59. The first-order valence-electron chi connectivity index (χ1n) is 9.12. The zero-order chi connectivity index (χ0) is 18.0. The highest BCUT2D eigenvalue weighted by atomic mass is 15.2. The summed E-state index contributed by atoms with van der Waals surface area (Å²) in [5, 5.41) is 3.67. The third kappa shape index (κ3) is 4.15. The molecule has 1 aliphatic heterocycles. The fraction of sp³-hybridized carbons (Fsp3) is 0.550. The lowest BCUT2D eigenvalue weighted by Crippen LogP contribution is -2.48. The number of anilines is 1. The van der Waals surface area contributed by atoms with Crippen molar-refractivity contribution in [2.24, 2.45) is 0 Å². The molecule has 0 amide bonds. The van der Waals surface area contributed by atoms with Crippen LogP contribution >= 0.6 is 0 Å². The summed E-state index contributed by atoms with van der Waals surface area (Å²) in [6.07, 6.45) is 5.87. The molecule has 0 radical (unpaired) electrons. The standard InChI is InChI=1S/C20H29N5/c1-14-15(2)22-19(16-7-6-10-21-13-16)24-18(14)23-17-8-11-25(12-9-17)20(3,4)5/h6-7,10,13,17H,8-9,11-12H2,1-5H3,(H,22,23,24). The monoisotopic (exact) mass is 339 g/mol. The Bertz CT molecular complexity index is 713. The third-order valence-corrected chi connectivity index (χ3v) is 5.09. The molecule has 2 aromatic heterocycles. The van der Waals surface area contributed by atoms with Crippen LogP contribution < -0.4 is 5.32 Å². The van der Waals surface area contributed by atoms with E-state index in [4.69, 9.17) is 4.98 Å². The van der Waals surface area contributed by atoms with Gasteiger partial charge in [0, 0.05) is 53.9 Å². The number of hydrogen-bond donors (Lipinski definition) is 1. The maximum absolute atomic E-state index is 4.79. The van der Waals surface area contributed by atoms with Gasteiger partial charge in [0.05, 0.1) is 0 Å². The fourth-order valence-corrected chi connectivity index (χ4v) is 3.28. The zero-order valence-corrected chi connectivity index (χ0v) is 16.0. The molecular formula is C20H29N5. The van der Waals surface area contributed by atoms with Crippen molar-refractivity contribution in [3.05, 3.63) is 35.8 Å². The molecular weight excluding hydrogens is 310 g/mol. The van der Waals surface area contributed by atoms with Crippen molar-refractivity contribution in [3.8, 4) is 11.4 Å². The fourth-order valence-electron chi connectivity index (χ4n) is 3.28. The van der Waals surface area contributed by atoms with Crippen molar-refractivity contribution in [1.82, 2.24) is 19.9 Å². The number of likely N-dealkylation sites (tertiary alicyclic amines) is 1. The SMILES string of the molecule is Cc1nc(-c2cccnc2)nc(NC2CCN(C(C)(C)C)CC2)c1C. The number of hydrogen-bond acceptors (Lipinski definition) is 5. The summed E-state index contributed by atoms with van der Waals surface area (Å²) in [4.78, 5) is 16.2. The Morgan fingerprint density at radius 1 is 1.12 bits per heavy atom. The molecule has 0 aliphatic carbocycles. The van der Waals surface area contributed by atoms with Crippen LogP contribution in [0.3, 0.4) is 0 Å². The average molecular weight is 339 g/mol. The summed E-state index contributed by atoms with van der Waals surface area (Å²) in [6, 6.07) is 4.39. The van der Waals surface area contributed by atoms with Gasteiger partial charge in [-0.15, -0.1) is 0 Å². The number of pyridine rings is 1. The lowest BCUT2D eigenvalue weighted by molar-refractivity contribution is 0.106. The molecule has 1 fully saturated rings. The summed E-state index contributed by atoms with van der Waals surface area (Å²) in [5.41, 5.74) is 3.35. The van der Waals surface area contributed by atoms with E-state index in [0.29, 0.717) is 6.04 Å². The number of nitrogens with one attached hydrogen (secondary N) is 1. The summed E-state index contributed by atoms with van der Waals surface area (Å²) < 4.78 is 0. The van der Waals surface area contributed by atoms with Gasteiger partial charge in [-0.1, -0.05) is 0 Å². The van der Waals surface area contributed by atoms with Crippen LogP contribution in [0.4, 0.5) is 5.82 Å². The molecule has 0 spiro atoms. The topological polar surface area (TPSA) is 53.9 Å². The van der Waals surface area contributed by atoms with Crippen molar-refractivity contribution in [2.45, 2.75) is 59.0 Å². The van der Waals surface area contributed by atoms with Gasteiger partial charge < -0.3 is 5.32 Å². The van der Waals surface area contributed by atoms with E-state index < -0.39 is 0 Å². The Balaban J connectivity index is 1.76. The second-order valence-corrected chi connectivity index (χ2v) is 7.92. The number of nitrogens with zero attached hydrogens (tertiary/aromatic N) is 4. The Labute approximate surface area is 150 Å². The van der Waals surface area contributed by atoms with Gasteiger partial charge in [-0.3, -0.25) is 9.88 Å². The zero-order valence-electron chi connectivity index (χ0n) is 16.0. The van der Waals surface area contributed by atoms with Crippen LogP contribution in [0.25, 0.3) is 11.4 Å².